The van der Waals surface area contributed by atoms with Gasteiger partial charge in [-0.15, -0.1) is 5.92 Å². The number of rotatable bonds is 5. The zero-order valence-electron chi connectivity index (χ0n) is 18.0. The van der Waals surface area contributed by atoms with E-state index in [1.807, 2.05) is 4.57 Å². The predicted molar refractivity (Wildman–Crippen MR) is 116 cm³/mol. The number of hydrogen-bond acceptors (Lipinski definition) is 7. The van der Waals surface area contributed by atoms with Crippen molar-refractivity contribution in [3.05, 3.63) is 10.4 Å². The minimum Gasteiger partial charge on any atom is -0.475 e. The Balaban J connectivity index is 0.000000451. The molecule has 0 atom stereocenters. The highest BCUT2D eigenvalue weighted by Gasteiger charge is 2.38. The smallest absolute Gasteiger partial charge is 0.475 e. The number of imidazole rings is 1. The van der Waals surface area contributed by atoms with Gasteiger partial charge in [0.2, 0.25) is 5.95 Å². The summed E-state index contributed by atoms with van der Waals surface area (Å²) in [5.74, 6) is 4.94. The van der Waals surface area contributed by atoms with Crippen LogP contribution in [0.3, 0.4) is 0 Å². The Morgan fingerprint density at radius 2 is 1.91 bits per heavy atom. The second-order valence-electron chi connectivity index (χ2n) is 6.74. The van der Waals surface area contributed by atoms with Crippen molar-refractivity contribution in [1.29, 1.82) is 0 Å². The summed E-state index contributed by atoms with van der Waals surface area (Å²) in [6.07, 6.45) is -4.05. The highest BCUT2D eigenvalue weighted by molar-refractivity contribution is 7.99. The van der Waals surface area contributed by atoms with Gasteiger partial charge >= 0.3 is 12.1 Å². The third kappa shape index (κ3) is 6.17. The van der Waals surface area contributed by atoms with E-state index in [0.29, 0.717) is 17.7 Å². The fourth-order valence-corrected chi connectivity index (χ4v) is 3.68. The number of nitrogens with one attached hydrogen (secondary N) is 1. The van der Waals surface area contributed by atoms with Crippen LogP contribution in [0.1, 0.15) is 20.3 Å². The molecule has 0 bridgehead atoms. The first-order valence-electron chi connectivity index (χ1n) is 9.87. The number of carbonyl (C=O) groups is 1. The number of nitrogens with zero attached hydrogens (tertiary/aromatic N) is 5. The summed E-state index contributed by atoms with van der Waals surface area (Å²) in [6, 6.07) is 0. The van der Waals surface area contributed by atoms with Crippen LogP contribution in [0, 0.1) is 11.8 Å². The van der Waals surface area contributed by atoms with E-state index in [0.717, 1.165) is 49.5 Å². The van der Waals surface area contributed by atoms with Crippen LogP contribution in [0.15, 0.2) is 9.95 Å². The zero-order chi connectivity index (χ0) is 23.9. The van der Waals surface area contributed by atoms with Crippen molar-refractivity contribution < 1.29 is 23.1 Å². The molecule has 0 amide bonds. The lowest BCUT2D eigenvalue weighted by molar-refractivity contribution is -0.192. The van der Waals surface area contributed by atoms with Crippen molar-refractivity contribution in [2.45, 2.75) is 38.1 Å². The molecule has 0 unspecified atom stereocenters. The van der Waals surface area contributed by atoms with E-state index in [2.05, 4.69) is 34.0 Å². The Morgan fingerprint density at radius 3 is 2.44 bits per heavy atom. The molecule has 2 aromatic heterocycles. The molecule has 0 spiro atoms. The van der Waals surface area contributed by atoms with Gasteiger partial charge in [0, 0.05) is 39.0 Å². The van der Waals surface area contributed by atoms with Crippen LogP contribution in [0.5, 0.6) is 0 Å². The Bertz CT molecular complexity index is 1060. The number of alkyl halides is 3. The van der Waals surface area contributed by atoms with Gasteiger partial charge in [0.15, 0.2) is 16.3 Å². The average molecular weight is 475 g/mol. The molecule has 0 saturated carbocycles. The molecule has 1 aliphatic heterocycles. The number of aliphatic carboxylic acids is 1. The van der Waals surface area contributed by atoms with Crippen molar-refractivity contribution in [2.75, 3.05) is 36.8 Å². The van der Waals surface area contributed by atoms with Crippen LogP contribution < -0.4 is 15.8 Å². The Morgan fingerprint density at radius 1 is 1.28 bits per heavy atom. The number of halogens is 3. The second kappa shape index (κ2) is 11.2. The first kappa shape index (κ1) is 25.5. The molecule has 3 heterocycles. The summed E-state index contributed by atoms with van der Waals surface area (Å²) in [6.45, 7) is 7.91. The number of piperazine rings is 1. The molecule has 1 aliphatic rings. The van der Waals surface area contributed by atoms with E-state index in [9.17, 15) is 18.0 Å². The Labute approximate surface area is 187 Å². The maximum atomic E-state index is 13.0. The van der Waals surface area contributed by atoms with E-state index in [-0.39, 0.29) is 5.56 Å². The molecule has 2 N–H and O–H groups in total. The largest absolute Gasteiger partial charge is 0.490 e. The summed E-state index contributed by atoms with van der Waals surface area (Å²) in [4.78, 5) is 33.4. The van der Waals surface area contributed by atoms with Crippen LogP contribution in [0.2, 0.25) is 0 Å². The SMILES string of the molecule is CC#CCn1c(N2CCNCC2)nc2nc(SCCC)n(C)c(=O)c21.O=C(O)C(F)(F)F. The third-order valence-corrected chi connectivity index (χ3v) is 5.65. The van der Waals surface area contributed by atoms with Crippen molar-refractivity contribution in [3.8, 4) is 11.8 Å². The summed E-state index contributed by atoms with van der Waals surface area (Å²) in [7, 11) is 1.78. The normalized spacial score (nSPS) is 13.9. The Kier molecular flexibility index (Phi) is 8.97. The lowest BCUT2D eigenvalue weighted by Gasteiger charge is -2.28. The molecule has 13 heteroatoms. The fourth-order valence-electron chi connectivity index (χ4n) is 2.87. The molecule has 9 nitrogen and oxygen atoms in total. The molecule has 176 valence electrons. The van der Waals surface area contributed by atoms with Crippen LogP contribution in [0.4, 0.5) is 19.1 Å². The Hall–Kier alpha value is -2.72. The number of hydrogen-bond donors (Lipinski definition) is 2. The standard InChI is InChI=1S/C17H24N6OS.C2HF3O2/c1-4-6-9-23-13-14(19-16(23)22-10-7-18-8-11-22)20-17(25-12-5-2)21(3)15(13)24;3-2(4,5)1(6)7/h18H,5,7-12H2,1-3H3;(H,6,7). The summed E-state index contributed by atoms with van der Waals surface area (Å²) in [5.41, 5.74) is 1.00. The molecule has 32 heavy (non-hydrogen) atoms. The molecule has 1 saturated heterocycles. The maximum Gasteiger partial charge on any atom is 0.490 e. The summed E-state index contributed by atoms with van der Waals surface area (Å²) in [5, 5.41) is 11.2. The van der Waals surface area contributed by atoms with Gasteiger partial charge in [-0.2, -0.15) is 18.2 Å². The summed E-state index contributed by atoms with van der Waals surface area (Å²) < 4.78 is 35.3. The fraction of sp³-hybridized carbons (Fsp3) is 0.579. The van der Waals surface area contributed by atoms with Gasteiger partial charge in [0.1, 0.15) is 0 Å². The first-order chi connectivity index (χ1) is 15.1. The quantitative estimate of drug-likeness (QED) is 0.383. The predicted octanol–water partition coefficient (Wildman–Crippen LogP) is 1.70. The van der Waals surface area contributed by atoms with Gasteiger partial charge in [0.25, 0.3) is 5.56 Å². The number of carboxylic acid groups (broad SMARTS) is 1. The van der Waals surface area contributed by atoms with Crippen molar-refractivity contribution in [2.24, 2.45) is 7.05 Å². The lowest BCUT2D eigenvalue weighted by Crippen LogP contribution is -2.44. The van der Waals surface area contributed by atoms with Gasteiger partial charge in [-0.3, -0.25) is 13.9 Å². The molecule has 1 fully saturated rings. The van der Waals surface area contributed by atoms with Crippen molar-refractivity contribution in [3.63, 3.8) is 0 Å². The molecule has 3 rings (SSSR count). The van der Waals surface area contributed by atoms with Crippen LogP contribution in [-0.2, 0) is 18.4 Å². The number of thioether (sulfide) groups is 1. The average Bonchev–Trinajstić information content (AvgIpc) is 3.12. The van der Waals surface area contributed by atoms with E-state index >= 15 is 0 Å². The van der Waals surface area contributed by atoms with Gasteiger partial charge in [-0.05, 0) is 13.3 Å². The molecule has 2 aromatic rings. The molecule has 0 aliphatic carbocycles. The molecular weight excluding hydrogens is 449 g/mol. The van der Waals surface area contributed by atoms with Gasteiger partial charge in [-0.25, -0.2) is 9.78 Å². The lowest BCUT2D eigenvalue weighted by atomic mass is 10.4. The van der Waals surface area contributed by atoms with Crippen LogP contribution in [-0.4, -0.2) is 68.3 Å². The monoisotopic (exact) mass is 474 g/mol. The number of aromatic nitrogens is 4. The number of anilines is 1. The van der Waals surface area contributed by atoms with E-state index in [1.54, 1.807) is 30.3 Å². The van der Waals surface area contributed by atoms with Crippen LogP contribution in [0.25, 0.3) is 11.2 Å². The molecule has 0 aromatic carbocycles. The van der Waals surface area contributed by atoms with Gasteiger partial charge < -0.3 is 15.3 Å². The summed E-state index contributed by atoms with van der Waals surface area (Å²) >= 11 is 1.60. The van der Waals surface area contributed by atoms with Gasteiger partial charge in [0.05, 0.1) is 6.54 Å². The zero-order valence-corrected chi connectivity index (χ0v) is 18.8. The van der Waals surface area contributed by atoms with Crippen LogP contribution >= 0.6 is 11.8 Å². The van der Waals surface area contributed by atoms with E-state index < -0.39 is 12.1 Å². The molecule has 0 radical (unpaired) electrons. The van der Waals surface area contributed by atoms with E-state index in [4.69, 9.17) is 14.9 Å². The number of fused-ring (bicyclic) bond motifs is 1. The van der Waals surface area contributed by atoms with E-state index in [1.165, 1.54) is 0 Å². The second-order valence-corrected chi connectivity index (χ2v) is 7.81. The highest BCUT2D eigenvalue weighted by Crippen LogP contribution is 2.22. The van der Waals surface area contributed by atoms with Crippen molar-refractivity contribution in [1.82, 2.24) is 24.4 Å². The highest BCUT2D eigenvalue weighted by atomic mass is 32.2. The third-order valence-electron chi connectivity index (χ3n) is 4.42. The minimum atomic E-state index is -5.08. The van der Waals surface area contributed by atoms with Gasteiger partial charge in [-0.1, -0.05) is 24.6 Å². The number of carboxylic acids is 1. The first-order valence-corrected chi connectivity index (χ1v) is 10.9. The van der Waals surface area contributed by atoms with Crippen molar-refractivity contribution >= 4 is 34.8 Å². The maximum absolute atomic E-state index is 13.0. The minimum absolute atomic E-state index is 0.0598. The molecular formula is C19H25F3N6O3S. The topological polar surface area (TPSA) is 105 Å².